The Morgan fingerprint density at radius 1 is 1.21 bits per heavy atom. The van der Waals surface area contributed by atoms with E-state index >= 15 is 0 Å². The molecule has 0 aliphatic carbocycles. The van der Waals surface area contributed by atoms with Gasteiger partial charge in [0.25, 0.3) is 0 Å². The molecule has 28 heavy (non-hydrogen) atoms. The van der Waals surface area contributed by atoms with Crippen LogP contribution in [0.4, 0.5) is 0 Å². The molecule has 4 atom stereocenters. The Morgan fingerprint density at radius 3 is 2.50 bits per heavy atom. The van der Waals surface area contributed by atoms with Gasteiger partial charge in [0, 0.05) is 31.5 Å². The van der Waals surface area contributed by atoms with Gasteiger partial charge in [-0.2, -0.15) is 0 Å². The zero-order valence-corrected chi connectivity index (χ0v) is 17.7. The zero-order valence-electron chi connectivity index (χ0n) is 17.7. The molecule has 6 nitrogen and oxygen atoms in total. The third-order valence-corrected chi connectivity index (χ3v) is 5.98. The van der Waals surface area contributed by atoms with Gasteiger partial charge >= 0.3 is 5.97 Å². The van der Waals surface area contributed by atoms with Crippen LogP contribution in [0.15, 0.2) is 12.1 Å². The standard InChI is InChI=1S/C22H34N2O4/c1-13(2)8-16-12-24-7-6-15-9-20(26-4)21(27-5)10-17(15)18(24)11-19(16)28-22(25)14(3)23/h9-10,13-14,16,18-19H,6-8,11-12,23H2,1-5H3/t14?,16-,18-,19-/m1/s1. The van der Waals surface area contributed by atoms with Gasteiger partial charge in [-0.15, -0.1) is 0 Å². The number of hydrogen-bond acceptors (Lipinski definition) is 6. The van der Waals surface area contributed by atoms with E-state index < -0.39 is 6.04 Å². The fourth-order valence-corrected chi connectivity index (χ4v) is 4.64. The lowest BCUT2D eigenvalue weighted by atomic mass is 9.79. The highest BCUT2D eigenvalue weighted by molar-refractivity contribution is 5.75. The average Bonchev–Trinajstić information content (AvgIpc) is 2.66. The Bertz CT molecular complexity index is 704. The second kappa shape index (κ2) is 8.70. The van der Waals surface area contributed by atoms with Crippen LogP contribution in [-0.4, -0.2) is 50.3 Å². The number of methoxy groups -OCH3 is 2. The molecule has 0 saturated carbocycles. The molecular weight excluding hydrogens is 356 g/mol. The Kier molecular flexibility index (Phi) is 6.50. The van der Waals surface area contributed by atoms with Crippen LogP contribution in [0.1, 0.15) is 50.8 Å². The van der Waals surface area contributed by atoms with Crippen molar-refractivity contribution in [2.75, 3.05) is 27.3 Å². The first-order chi connectivity index (χ1) is 13.3. The minimum atomic E-state index is -0.597. The van der Waals surface area contributed by atoms with Crippen LogP contribution in [-0.2, 0) is 16.0 Å². The van der Waals surface area contributed by atoms with E-state index in [1.165, 1.54) is 11.1 Å². The lowest BCUT2D eigenvalue weighted by molar-refractivity contribution is -0.158. The summed E-state index contributed by atoms with van der Waals surface area (Å²) < 4.78 is 16.9. The Labute approximate surface area is 168 Å². The predicted molar refractivity (Wildman–Crippen MR) is 109 cm³/mol. The minimum absolute atomic E-state index is 0.110. The number of fused-ring (bicyclic) bond motifs is 3. The summed E-state index contributed by atoms with van der Waals surface area (Å²) in [7, 11) is 3.33. The molecule has 0 amide bonds. The second-order valence-electron chi connectivity index (χ2n) is 8.56. The summed E-state index contributed by atoms with van der Waals surface area (Å²) in [6, 6.07) is 3.81. The van der Waals surface area contributed by atoms with Crippen molar-refractivity contribution in [3.05, 3.63) is 23.3 Å². The third kappa shape index (κ3) is 4.28. The molecule has 0 aromatic heterocycles. The van der Waals surface area contributed by atoms with E-state index in [0.29, 0.717) is 11.8 Å². The Morgan fingerprint density at radius 2 is 1.89 bits per heavy atom. The summed E-state index contributed by atoms with van der Waals surface area (Å²) in [5, 5.41) is 0. The molecule has 1 aromatic carbocycles. The number of rotatable bonds is 6. The highest BCUT2D eigenvalue weighted by atomic mass is 16.5. The third-order valence-electron chi connectivity index (χ3n) is 5.98. The molecule has 2 aliphatic rings. The molecular formula is C22H34N2O4. The lowest BCUT2D eigenvalue weighted by Gasteiger charge is -2.47. The van der Waals surface area contributed by atoms with Crippen LogP contribution in [0.5, 0.6) is 11.5 Å². The van der Waals surface area contributed by atoms with Crippen LogP contribution < -0.4 is 15.2 Å². The second-order valence-corrected chi connectivity index (χ2v) is 8.56. The number of carbonyl (C=O) groups excluding carboxylic acids is 1. The minimum Gasteiger partial charge on any atom is -0.493 e. The summed E-state index contributed by atoms with van der Waals surface area (Å²) in [6.07, 6.45) is 2.71. The van der Waals surface area contributed by atoms with Crippen molar-refractivity contribution < 1.29 is 19.0 Å². The average molecular weight is 391 g/mol. The molecule has 0 radical (unpaired) electrons. The van der Waals surface area contributed by atoms with Gasteiger partial charge in [0.2, 0.25) is 0 Å². The van der Waals surface area contributed by atoms with Crippen LogP contribution in [0.25, 0.3) is 0 Å². The van der Waals surface area contributed by atoms with E-state index in [-0.39, 0.29) is 18.1 Å². The number of nitrogens with zero attached hydrogens (tertiary/aromatic N) is 1. The van der Waals surface area contributed by atoms with E-state index in [2.05, 4.69) is 30.9 Å². The summed E-state index contributed by atoms with van der Waals surface area (Å²) in [4.78, 5) is 14.8. The summed E-state index contributed by atoms with van der Waals surface area (Å²) in [6.45, 7) is 8.07. The van der Waals surface area contributed by atoms with Crippen molar-refractivity contribution in [1.82, 2.24) is 4.90 Å². The molecule has 1 aromatic rings. The first-order valence-electron chi connectivity index (χ1n) is 10.3. The van der Waals surface area contributed by atoms with E-state index in [4.69, 9.17) is 19.9 Å². The molecule has 156 valence electrons. The van der Waals surface area contributed by atoms with Gasteiger partial charge in [0.05, 0.1) is 14.2 Å². The molecule has 3 rings (SSSR count). The maximum Gasteiger partial charge on any atom is 0.322 e. The number of piperidine rings is 1. The summed E-state index contributed by atoms with van der Waals surface area (Å²) >= 11 is 0. The van der Waals surface area contributed by atoms with Crippen LogP contribution in [0.3, 0.4) is 0 Å². The van der Waals surface area contributed by atoms with Crippen molar-refractivity contribution in [3.8, 4) is 11.5 Å². The predicted octanol–water partition coefficient (Wildman–Crippen LogP) is 2.93. The van der Waals surface area contributed by atoms with E-state index in [0.717, 1.165) is 43.9 Å². The van der Waals surface area contributed by atoms with Gasteiger partial charge in [-0.25, -0.2) is 0 Å². The topological polar surface area (TPSA) is 74.0 Å². The molecule has 1 saturated heterocycles. The monoisotopic (exact) mass is 390 g/mol. The quantitative estimate of drug-likeness (QED) is 0.753. The SMILES string of the molecule is COc1cc2c(cc1OC)[C@H]1C[C@@H](OC(=O)C(C)N)[C@H](CC(C)C)CN1CC2. The molecule has 6 heteroatoms. The smallest absolute Gasteiger partial charge is 0.322 e. The molecule has 0 bridgehead atoms. The lowest BCUT2D eigenvalue weighted by Crippen LogP contribution is -2.50. The van der Waals surface area contributed by atoms with Gasteiger partial charge in [0.1, 0.15) is 12.1 Å². The summed E-state index contributed by atoms with van der Waals surface area (Å²) in [5.74, 6) is 2.09. The van der Waals surface area contributed by atoms with Gasteiger partial charge in [0.15, 0.2) is 11.5 Å². The van der Waals surface area contributed by atoms with Gasteiger partial charge in [-0.3, -0.25) is 9.69 Å². The number of carbonyl (C=O) groups is 1. The van der Waals surface area contributed by atoms with Crippen molar-refractivity contribution in [2.24, 2.45) is 17.6 Å². The van der Waals surface area contributed by atoms with E-state index in [9.17, 15) is 4.79 Å². The number of ether oxygens (including phenoxy) is 3. The van der Waals surface area contributed by atoms with Crippen molar-refractivity contribution in [3.63, 3.8) is 0 Å². The van der Waals surface area contributed by atoms with Crippen molar-refractivity contribution in [1.29, 1.82) is 0 Å². The largest absolute Gasteiger partial charge is 0.493 e. The number of nitrogens with two attached hydrogens (primary N) is 1. The highest BCUT2D eigenvalue weighted by Crippen LogP contribution is 2.44. The number of hydrogen-bond donors (Lipinski definition) is 1. The van der Waals surface area contributed by atoms with E-state index in [1.54, 1.807) is 21.1 Å². The molecule has 2 N–H and O–H groups in total. The van der Waals surface area contributed by atoms with Crippen LogP contribution >= 0.6 is 0 Å². The van der Waals surface area contributed by atoms with Gasteiger partial charge in [-0.05, 0) is 48.9 Å². The normalized spacial score (nSPS) is 25.6. The Hall–Kier alpha value is -1.79. The fourth-order valence-electron chi connectivity index (χ4n) is 4.64. The fraction of sp³-hybridized carbons (Fsp3) is 0.682. The molecule has 0 spiro atoms. The van der Waals surface area contributed by atoms with Crippen molar-refractivity contribution in [2.45, 2.75) is 58.2 Å². The molecule has 1 unspecified atom stereocenters. The van der Waals surface area contributed by atoms with Crippen molar-refractivity contribution >= 4 is 5.97 Å². The van der Waals surface area contributed by atoms with E-state index in [1.807, 2.05) is 0 Å². The Balaban J connectivity index is 1.90. The first kappa shape index (κ1) is 20.9. The number of esters is 1. The van der Waals surface area contributed by atoms with Crippen LogP contribution in [0, 0.1) is 11.8 Å². The van der Waals surface area contributed by atoms with Crippen LogP contribution in [0.2, 0.25) is 0 Å². The molecule has 1 fully saturated rings. The maximum atomic E-state index is 12.2. The van der Waals surface area contributed by atoms with Gasteiger partial charge in [-0.1, -0.05) is 13.8 Å². The molecule has 2 heterocycles. The maximum absolute atomic E-state index is 12.2. The van der Waals surface area contributed by atoms with Gasteiger partial charge < -0.3 is 19.9 Å². The summed E-state index contributed by atoms with van der Waals surface area (Å²) in [5.41, 5.74) is 8.31. The number of benzene rings is 1. The molecule has 2 aliphatic heterocycles. The zero-order chi connectivity index (χ0) is 20.4. The highest BCUT2D eigenvalue weighted by Gasteiger charge is 2.41. The first-order valence-corrected chi connectivity index (χ1v) is 10.3.